The van der Waals surface area contributed by atoms with Gasteiger partial charge >= 0.3 is 0 Å². The largest absolute Gasteiger partial charge is 0.317 e. The van der Waals surface area contributed by atoms with Gasteiger partial charge in [-0.15, -0.1) is 0 Å². The lowest BCUT2D eigenvalue weighted by Gasteiger charge is -2.41. The van der Waals surface area contributed by atoms with Crippen LogP contribution in [0.1, 0.15) is 51.9 Å². The molecule has 15 heavy (non-hydrogen) atoms. The maximum atomic E-state index is 3.47. The molecule has 0 aromatic heterocycles. The van der Waals surface area contributed by atoms with Crippen LogP contribution in [0.15, 0.2) is 0 Å². The zero-order valence-electron chi connectivity index (χ0n) is 10.2. The van der Waals surface area contributed by atoms with Gasteiger partial charge in [-0.25, -0.2) is 0 Å². The fourth-order valence-electron chi connectivity index (χ4n) is 3.37. The summed E-state index contributed by atoms with van der Waals surface area (Å²) in [6, 6.07) is 1.78. The lowest BCUT2D eigenvalue weighted by atomic mass is 9.91. The molecule has 0 amide bonds. The molecule has 2 nitrogen and oxygen atoms in total. The lowest BCUT2D eigenvalue weighted by Crippen LogP contribution is -2.48. The molecule has 0 aromatic rings. The van der Waals surface area contributed by atoms with Gasteiger partial charge in [0.1, 0.15) is 0 Å². The van der Waals surface area contributed by atoms with Gasteiger partial charge in [0.05, 0.1) is 0 Å². The summed E-state index contributed by atoms with van der Waals surface area (Å²) in [5.74, 6) is 0. The first-order valence-corrected chi connectivity index (χ1v) is 6.88. The highest BCUT2D eigenvalue weighted by molar-refractivity contribution is 4.83. The van der Waals surface area contributed by atoms with Crippen molar-refractivity contribution in [1.82, 2.24) is 10.2 Å². The van der Waals surface area contributed by atoms with Crippen LogP contribution in [0.5, 0.6) is 0 Å². The highest BCUT2D eigenvalue weighted by Gasteiger charge is 2.27. The zero-order valence-corrected chi connectivity index (χ0v) is 10.2. The van der Waals surface area contributed by atoms with Gasteiger partial charge in [-0.1, -0.05) is 26.2 Å². The number of hydrogen-bond donors (Lipinski definition) is 1. The first kappa shape index (κ1) is 11.4. The van der Waals surface area contributed by atoms with Crippen molar-refractivity contribution in [3.05, 3.63) is 0 Å². The lowest BCUT2D eigenvalue weighted by molar-refractivity contribution is 0.0909. The fourth-order valence-corrected chi connectivity index (χ4v) is 3.37. The van der Waals surface area contributed by atoms with E-state index in [1.165, 1.54) is 64.6 Å². The second-order valence-corrected chi connectivity index (χ2v) is 5.10. The summed E-state index contributed by atoms with van der Waals surface area (Å²) in [7, 11) is 0. The monoisotopic (exact) mass is 210 g/mol. The summed E-state index contributed by atoms with van der Waals surface area (Å²) in [6.07, 6.45) is 10.0. The van der Waals surface area contributed by atoms with Crippen LogP contribution in [0.3, 0.4) is 0 Å². The van der Waals surface area contributed by atoms with Crippen LogP contribution in [0.25, 0.3) is 0 Å². The smallest absolute Gasteiger partial charge is 0.0122 e. The molecule has 2 aliphatic rings. The quantitative estimate of drug-likeness (QED) is 0.769. The Kier molecular flexibility index (Phi) is 4.45. The van der Waals surface area contributed by atoms with Crippen LogP contribution in [0.2, 0.25) is 0 Å². The normalized spacial score (nSPS) is 26.0. The molecule has 1 N–H and O–H groups in total. The molecule has 0 radical (unpaired) electrons. The van der Waals surface area contributed by atoms with Crippen LogP contribution < -0.4 is 5.32 Å². The van der Waals surface area contributed by atoms with Crippen molar-refractivity contribution in [2.75, 3.05) is 19.6 Å². The van der Waals surface area contributed by atoms with Crippen molar-refractivity contribution < 1.29 is 0 Å². The number of nitrogens with zero attached hydrogens (tertiary/aromatic N) is 1. The summed E-state index contributed by atoms with van der Waals surface area (Å²) < 4.78 is 0. The Balaban J connectivity index is 1.88. The Bertz CT molecular complexity index is 151. The van der Waals surface area contributed by atoms with Gasteiger partial charge in [0, 0.05) is 12.1 Å². The number of nitrogens with one attached hydrogen (secondary N) is 1. The molecular formula is C13H26N2. The number of piperidine rings is 1. The minimum Gasteiger partial charge on any atom is -0.317 e. The SMILES string of the molecule is CCN(C1CCCCC1)C1CCNCC1. The van der Waals surface area contributed by atoms with Gasteiger partial charge in [0.15, 0.2) is 0 Å². The highest BCUT2D eigenvalue weighted by Crippen LogP contribution is 2.26. The minimum absolute atomic E-state index is 0.874. The summed E-state index contributed by atoms with van der Waals surface area (Å²) in [4.78, 5) is 2.81. The molecular weight excluding hydrogens is 184 g/mol. The predicted molar refractivity (Wildman–Crippen MR) is 65.1 cm³/mol. The van der Waals surface area contributed by atoms with Gasteiger partial charge < -0.3 is 5.32 Å². The third-order valence-electron chi connectivity index (χ3n) is 4.19. The van der Waals surface area contributed by atoms with Crippen LogP contribution in [-0.4, -0.2) is 36.6 Å². The Hall–Kier alpha value is -0.0800. The third kappa shape index (κ3) is 2.94. The van der Waals surface area contributed by atoms with Crippen LogP contribution >= 0.6 is 0 Å². The zero-order chi connectivity index (χ0) is 10.5. The topological polar surface area (TPSA) is 15.3 Å². The molecule has 2 fully saturated rings. The van der Waals surface area contributed by atoms with Crippen molar-refractivity contribution in [2.24, 2.45) is 0 Å². The van der Waals surface area contributed by atoms with Crippen molar-refractivity contribution in [3.63, 3.8) is 0 Å². The van der Waals surface area contributed by atoms with Crippen molar-refractivity contribution >= 4 is 0 Å². The molecule has 0 aromatic carbocycles. The van der Waals surface area contributed by atoms with Crippen LogP contribution in [-0.2, 0) is 0 Å². The first-order chi connectivity index (χ1) is 7.42. The van der Waals surface area contributed by atoms with E-state index < -0.39 is 0 Å². The van der Waals surface area contributed by atoms with Gasteiger partial charge in [0.25, 0.3) is 0 Å². The average Bonchev–Trinajstić information content (AvgIpc) is 2.33. The second kappa shape index (κ2) is 5.86. The Morgan fingerprint density at radius 2 is 1.53 bits per heavy atom. The van der Waals surface area contributed by atoms with E-state index in [2.05, 4.69) is 17.1 Å². The van der Waals surface area contributed by atoms with Gasteiger partial charge in [-0.3, -0.25) is 4.90 Å². The average molecular weight is 210 g/mol. The van der Waals surface area contributed by atoms with E-state index in [0.717, 1.165) is 12.1 Å². The van der Waals surface area contributed by atoms with E-state index in [0.29, 0.717) is 0 Å². The maximum absolute atomic E-state index is 3.47. The molecule has 0 atom stereocenters. The van der Waals surface area contributed by atoms with E-state index in [1.54, 1.807) is 0 Å². The molecule has 0 bridgehead atoms. The predicted octanol–water partition coefficient (Wildman–Crippen LogP) is 2.39. The Morgan fingerprint density at radius 3 is 2.13 bits per heavy atom. The molecule has 88 valence electrons. The van der Waals surface area contributed by atoms with Gasteiger partial charge in [-0.2, -0.15) is 0 Å². The highest BCUT2D eigenvalue weighted by atomic mass is 15.2. The molecule has 1 saturated heterocycles. The second-order valence-electron chi connectivity index (χ2n) is 5.10. The standard InChI is InChI=1S/C13H26N2/c1-2-15(12-6-4-3-5-7-12)13-8-10-14-11-9-13/h12-14H,2-11H2,1H3. The molecule has 0 spiro atoms. The summed E-state index contributed by atoms with van der Waals surface area (Å²) in [6.45, 7) is 6.06. The summed E-state index contributed by atoms with van der Waals surface area (Å²) in [5, 5.41) is 3.47. The Morgan fingerprint density at radius 1 is 0.933 bits per heavy atom. The molecule has 2 rings (SSSR count). The molecule has 1 saturated carbocycles. The minimum atomic E-state index is 0.874. The maximum Gasteiger partial charge on any atom is 0.0122 e. The third-order valence-corrected chi connectivity index (χ3v) is 4.19. The van der Waals surface area contributed by atoms with Gasteiger partial charge in [-0.05, 0) is 45.3 Å². The van der Waals surface area contributed by atoms with E-state index >= 15 is 0 Å². The molecule has 1 heterocycles. The van der Waals surface area contributed by atoms with Crippen molar-refractivity contribution in [1.29, 1.82) is 0 Å². The van der Waals surface area contributed by atoms with E-state index in [4.69, 9.17) is 0 Å². The van der Waals surface area contributed by atoms with Crippen LogP contribution in [0, 0.1) is 0 Å². The number of rotatable bonds is 3. The van der Waals surface area contributed by atoms with Crippen molar-refractivity contribution in [2.45, 2.75) is 64.0 Å². The van der Waals surface area contributed by atoms with Crippen molar-refractivity contribution in [3.8, 4) is 0 Å². The molecule has 0 unspecified atom stereocenters. The van der Waals surface area contributed by atoms with E-state index in [9.17, 15) is 0 Å². The molecule has 1 aliphatic heterocycles. The number of hydrogen-bond acceptors (Lipinski definition) is 2. The van der Waals surface area contributed by atoms with Gasteiger partial charge in [0.2, 0.25) is 0 Å². The molecule has 2 heteroatoms. The summed E-state index contributed by atoms with van der Waals surface area (Å²) in [5.41, 5.74) is 0. The molecule has 1 aliphatic carbocycles. The summed E-state index contributed by atoms with van der Waals surface area (Å²) >= 11 is 0. The fraction of sp³-hybridized carbons (Fsp3) is 1.00. The van der Waals surface area contributed by atoms with E-state index in [1.807, 2.05) is 0 Å². The first-order valence-electron chi connectivity index (χ1n) is 6.88. The van der Waals surface area contributed by atoms with E-state index in [-0.39, 0.29) is 0 Å². The Labute approximate surface area is 94.4 Å². The van der Waals surface area contributed by atoms with Crippen LogP contribution in [0.4, 0.5) is 0 Å².